The third-order valence-electron chi connectivity index (χ3n) is 5.83. The SMILES string of the molecule is NC1CCN(C(=O)CON=C2C(c3c(O)[nH]c4ccc(F)cc34)=Nc3ccccc32)CC1. The number of nitrogens with zero attached hydrogens (tertiary/aromatic N) is 3. The number of fused-ring (bicyclic) bond motifs is 2. The first-order valence-corrected chi connectivity index (χ1v) is 10.4. The van der Waals surface area contributed by atoms with Crippen molar-refractivity contribution in [3.63, 3.8) is 0 Å². The fourth-order valence-electron chi connectivity index (χ4n) is 4.12. The lowest BCUT2D eigenvalue weighted by atomic mass is 10.0. The van der Waals surface area contributed by atoms with E-state index in [0.29, 0.717) is 52.2 Å². The van der Waals surface area contributed by atoms with Crippen molar-refractivity contribution in [2.45, 2.75) is 18.9 Å². The number of hydrogen-bond acceptors (Lipinski definition) is 6. The quantitative estimate of drug-likeness (QED) is 0.547. The van der Waals surface area contributed by atoms with Crippen LogP contribution in [0.1, 0.15) is 24.0 Å². The summed E-state index contributed by atoms with van der Waals surface area (Å²) in [5.41, 5.74) is 8.85. The van der Waals surface area contributed by atoms with Gasteiger partial charge < -0.3 is 25.6 Å². The Morgan fingerprint density at radius 2 is 2.06 bits per heavy atom. The van der Waals surface area contributed by atoms with Gasteiger partial charge in [0.25, 0.3) is 5.91 Å². The minimum Gasteiger partial charge on any atom is -0.494 e. The van der Waals surface area contributed by atoms with Crippen molar-refractivity contribution in [1.82, 2.24) is 9.88 Å². The number of rotatable bonds is 4. The number of carbonyl (C=O) groups is 1. The smallest absolute Gasteiger partial charge is 0.263 e. The Bertz CT molecular complexity index is 1260. The molecule has 2 aliphatic rings. The molecule has 2 aromatic carbocycles. The zero-order valence-electron chi connectivity index (χ0n) is 17.2. The van der Waals surface area contributed by atoms with Crippen molar-refractivity contribution < 1.29 is 19.1 Å². The van der Waals surface area contributed by atoms with E-state index < -0.39 is 5.82 Å². The molecule has 1 aromatic heterocycles. The van der Waals surface area contributed by atoms with Gasteiger partial charge in [0.2, 0.25) is 0 Å². The van der Waals surface area contributed by atoms with Gasteiger partial charge in [-0.05, 0) is 37.1 Å². The predicted octanol–water partition coefficient (Wildman–Crippen LogP) is 2.82. The van der Waals surface area contributed by atoms with Crippen LogP contribution in [-0.2, 0) is 9.63 Å². The lowest BCUT2D eigenvalue weighted by Gasteiger charge is -2.29. The maximum Gasteiger partial charge on any atom is 0.263 e. The van der Waals surface area contributed by atoms with E-state index >= 15 is 0 Å². The Balaban J connectivity index is 1.45. The fraction of sp³-hybridized carbons (Fsp3) is 0.261. The normalized spacial score (nSPS) is 17.6. The van der Waals surface area contributed by atoms with E-state index in [1.165, 1.54) is 12.1 Å². The molecule has 1 fully saturated rings. The molecule has 3 aromatic rings. The molecule has 3 heterocycles. The number of benzene rings is 2. The molecule has 0 aliphatic carbocycles. The largest absolute Gasteiger partial charge is 0.494 e. The first kappa shape index (κ1) is 20.2. The van der Waals surface area contributed by atoms with Crippen LogP contribution in [0.5, 0.6) is 5.88 Å². The van der Waals surface area contributed by atoms with Crippen LogP contribution in [0.4, 0.5) is 10.1 Å². The number of aliphatic imine (C=N–C) groups is 1. The molecule has 9 heteroatoms. The van der Waals surface area contributed by atoms with Gasteiger partial charge in [-0.1, -0.05) is 23.4 Å². The van der Waals surface area contributed by atoms with Crippen LogP contribution in [0.3, 0.4) is 0 Å². The molecular formula is C23H22FN5O3. The van der Waals surface area contributed by atoms with Gasteiger partial charge in [0.15, 0.2) is 12.5 Å². The third-order valence-corrected chi connectivity index (χ3v) is 5.83. The van der Waals surface area contributed by atoms with Gasteiger partial charge >= 0.3 is 0 Å². The Hall–Kier alpha value is -3.72. The Kier molecular flexibility index (Phi) is 5.10. The second kappa shape index (κ2) is 8.08. The molecule has 1 amide bonds. The highest BCUT2D eigenvalue weighted by Crippen LogP contribution is 2.35. The van der Waals surface area contributed by atoms with Crippen molar-refractivity contribution in [2.24, 2.45) is 15.9 Å². The first-order valence-electron chi connectivity index (χ1n) is 10.4. The van der Waals surface area contributed by atoms with E-state index in [-0.39, 0.29) is 24.4 Å². The molecule has 164 valence electrons. The number of hydrogen-bond donors (Lipinski definition) is 3. The molecule has 1 saturated heterocycles. The van der Waals surface area contributed by atoms with Crippen LogP contribution >= 0.6 is 0 Å². The van der Waals surface area contributed by atoms with Crippen molar-refractivity contribution >= 4 is 33.9 Å². The Morgan fingerprint density at radius 1 is 1.28 bits per heavy atom. The summed E-state index contributed by atoms with van der Waals surface area (Å²) in [6.45, 7) is 0.983. The van der Waals surface area contributed by atoms with Crippen LogP contribution in [0.15, 0.2) is 52.6 Å². The monoisotopic (exact) mass is 435 g/mol. The molecule has 0 atom stereocenters. The maximum atomic E-state index is 13.9. The number of aromatic nitrogens is 1. The van der Waals surface area contributed by atoms with Crippen molar-refractivity contribution in [2.75, 3.05) is 19.7 Å². The molecule has 32 heavy (non-hydrogen) atoms. The lowest BCUT2D eigenvalue weighted by Crippen LogP contribution is -2.44. The van der Waals surface area contributed by atoms with Gasteiger partial charge in [-0.2, -0.15) is 0 Å². The first-order chi connectivity index (χ1) is 15.5. The van der Waals surface area contributed by atoms with Crippen LogP contribution in [-0.4, -0.2) is 58.1 Å². The Morgan fingerprint density at radius 3 is 2.88 bits per heavy atom. The van der Waals surface area contributed by atoms with E-state index in [1.54, 1.807) is 11.0 Å². The summed E-state index contributed by atoms with van der Waals surface area (Å²) in [4.78, 5) is 27.1. The summed E-state index contributed by atoms with van der Waals surface area (Å²) in [5, 5.41) is 15.3. The standard InChI is InChI=1S/C23H22FN5O3/c24-13-5-6-18-16(11-13)20(23(31)27-18)22-21(15-3-1-2-4-17(15)26-22)28-32-12-19(30)29-9-7-14(25)8-10-29/h1-6,11,14,27,31H,7-10,12,25H2. The molecule has 8 nitrogen and oxygen atoms in total. The molecule has 0 bridgehead atoms. The predicted molar refractivity (Wildman–Crippen MR) is 119 cm³/mol. The summed E-state index contributed by atoms with van der Waals surface area (Å²) in [6, 6.07) is 11.6. The maximum absolute atomic E-state index is 13.9. The average Bonchev–Trinajstić information content (AvgIpc) is 3.30. The number of oxime groups is 1. The third kappa shape index (κ3) is 3.60. The number of halogens is 1. The number of piperidine rings is 1. The summed E-state index contributed by atoms with van der Waals surface area (Å²) in [6.07, 6.45) is 1.53. The highest BCUT2D eigenvalue weighted by molar-refractivity contribution is 6.58. The second-order valence-electron chi connectivity index (χ2n) is 7.95. The van der Waals surface area contributed by atoms with Crippen molar-refractivity contribution in [1.29, 1.82) is 0 Å². The minimum atomic E-state index is -0.435. The minimum absolute atomic E-state index is 0.127. The molecule has 2 aliphatic heterocycles. The molecular weight excluding hydrogens is 413 g/mol. The van der Waals surface area contributed by atoms with E-state index in [9.17, 15) is 14.3 Å². The van der Waals surface area contributed by atoms with Crippen LogP contribution in [0, 0.1) is 5.82 Å². The van der Waals surface area contributed by atoms with Crippen molar-refractivity contribution in [3.05, 3.63) is 59.4 Å². The van der Waals surface area contributed by atoms with E-state index in [1.807, 2.05) is 24.3 Å². The number of nitrogens with one attached hydrogen (secondary N) is 1. The average molecular weight is 435 g/mol. The molecule has 4 N–H and O–H groups in total. The number of carbonyl (C=O) groups excluding carboxylic acids is 1. The molecule has 0 saturated carbocycles. The van der Waals surface area contributed by atoms with Gasteiger partial charge in [-0.25, -0.2) is 9.38 Å². The molecule has 0 radical (unpaired) electrons. The van der Waals surface area contributed by atoms with Gasteiger partial charge in [0.05, 0.1) is 11.3 Å². The summed E-state index contributed by atoms with van der Waals surface area (Å²) < 4.78 is 13.9. The van der Waals surface area contributed by atoms with Gasteiger partial charge in [-0.3, -0.25) is 4.79 Å². The second-order valence-corrected chi connectivity index (χ2v) is 7.95. The van der Waals surface area contributed by atoms with Crippen LogP contribution in [0.2, 0.25) is 0 Å². The van der Waals surface area contributed by atoms with Crippen molar-refractivity contribution in [3.8, 4) is 5.88 Å². The van der Waals surface area contributed by atoms with E-state index in [0.717, 1.165) is 12.8 Å². The van der Waals surface area contributed by atoms with Gasteiger partial charge in [-0.15, -0.1) is 0 Å². The number of likely N-dealkylation sites (tertiary alicyclic amines) is 1. The van der Waals surface area contributed by atoms with Crippen LogP contribution < -0.4 is 5.73 Å². The topological polar surface area (TPSA) is 116 Å². The number of H-pyrrole nitrogens is 1. The summed E-state index contributed by atoms with van der Waals surface area (Å²) >= 11 is 0. The van der Waals surface area contributed by atoms with E-state index in [2.05, 4.69) is 15.1 Å². The zero-order valence-corrected chi connectivity index (χ0v) is 17.2. The van der Waals surface area contributed by atoms with Gasteiger partial charge in [0.1, 0.15) is 17.2 Å². The Labute approximate surface area is 183 Å². The number of amides is 1. The molecule has 0 unspecified atom stereocenters. The highest BCUT2D eigenvalue weighted by Gasteiger charge is 2.29. The zero-order chi connectivity index (χ0) is 22.2. The number of nitrogens with two attached hydrogens (primary N) is 1. The lowest BCUT2D eigenvalue weighted by molar-refractivity contribution is -0.137. The fourth-order valence-corrected chi connectivity index (χ4v) is 4.12. The van der Waals surface area contributed by atoms with Crippen LogP contribution in [0.25, 0.3) is 10.9 Å². The molecule has 0 spiro atoms. The highest BCUT2D eigenvalue weighted by atomic mass is 19.1. The summed E-state index contributed by atoms with van der Waals surface area (Å²) in [7, 11) is 0. The number of aromatic hydroxyl groups is 1. The molecule has 5 rings (SSSR count). The summed E-state index contributed by atoms with van der Waals surface area (Å²) in [5.74, 6) is -0.746. The van der Waals surface area contributed by atoms with Gasteiger partial charge in [0, 0.05) is 35.6 Å². The number of para-hydroxylation sites is 1. The van der Waals surface area contributed by atoms with E-state index in [4.69, 9.17) is 10.6 Å². The number of aromatic amines is 1.